The molecule has 0 atom stereocenters. The van der Waals surface area contributed by atoms with Crippen molar-refractivity contribution in [1.82, 2.24) is 15.1 Å². The summed E-state index contributed by atoms with van der Waals surface area (Å²) in [5, 5.41) is 15.7. The summed E-state index contributed by atoms with van der Waals surface area (Å²) < 4.78 is 1.70. The van der Waals surface area contributed by atoms with E-state index in [-0.39, 0.29) is 6.61 Å². The van der Waals surface area contributed by atoms with Gasteiger partial charge in [0.2, 0.25) is 0 Å². The predicted molar refractivity (Wildman–Crippen MR) is 49.9 cm³/mol. The fraction of sp³-hybridized carbons (Fsp3) is 0.444. The summed E-state index contributed by atoms with van der Waals surface area (Å²) in [5.74, 6) is 2.49. The topological polar surface area (TPSA) is 50.1 Å². The van der Waals surface area contributed by atoms with E-state index < -0.39 is 0 Å². The Morgan fingerprint density at radius 3 is 3.23 bits per heavy atom. The number of hydrogen-bond donors (Lipinski definition) is 2. The second-order valence-electron chi connectivity index (χ2n) is 2.64. The molecule has 0 aliphatic heterocycles. The zero-order valence-electron chi connectivity index (χ0n) is 7.40. The fourth-order valence-electron chi connectivity index (χ4n) is 1.00. The summed E-state index contributed by atoms with van der Waals surface area (Å²) in [4.78, 5) is 0. The monoisotopic (exact) mass is 179 g/mol. The Kier molecular flexibility index (Phi) is 4.03. The third-order valence-electron chi connectivity index (χ3n) is 1.57. The predicted octanol–water partition coefficient (Wildman–Crippen LogP) is -0.402. The van der Waals surface area contributed by atoms with Gasteiger partial charge < -0.3 is 10.4 Å². The average molecular weight is 179 g/mol. The molecule has 0 spiro atoms. The molecule has 4 nitrogen and oxygen atoms in total. The smallest absolute Gasteiger partial charge is 0.0640 e. The van der Waals surface area contributed by atoms with Crippen LogP contribution in [0.3, 0.4) is 0 Å². The van der Waals surface area contributed by atoms with Crippen molar-refractivity contribution < 1.29 is 5.11 Å². The molecule has 0 saturated heterocycles. The minimum Gasteiger partial charge on any atom is -0.394 e. The Balaban J connectivity index is 2.36. The van der Waals surface area contributed by atoms with Gasteiger partial charge in [0, 0.05) is 18.3 Å². The van der Waals surface area contributed by atoms with Gasteiger partial charge in [0.15, 0.2) is 0 Å². The molecule has 0 aliphatic carbocycles. The van der Waals surface area contributed by atoms with Crippen molar-refractivity contribution in [3.8, 4) is 12.3 Å². The lowest BCUT2D eigenvalue weighted by Crippen LogP contribution is -2.12. The van der Waals surface area contributed by atoms with Gasteiger partial charge in [-0.3, -0.25) is 4.68 Å². The van der Waals surface area contributed by atoms with Crippen LogP contribution >= 0.6 is 0 Å². The Bertz CT molecular complexity index is 287. The van der Waals surface area contributed by atoms with E-state index in [4.69, 9.17) is 11.5 Å². The lowest BCUT2D eigenvalue weighted by Gasteiger charge is -1.96. The van der Waals surface area contributed by atoms with E-state index in [1.807, 2.05) is 6.20 Å². The van der Waals surface area contributed by atoms with Gasteiger partial charge in [0.1, 0.15) is 0 Å². The standard InChI is InChI=1S/C9H13N3O/c1-2-3-10-6-9-7-11-12(8-9)4-5-13/h1,7-8,10,13H,3-6H2. The third-order valence-corrected chi connectivity index (χ3v) is 1.57. The minimum absolute atomic E-state index is 0.110. The first kappa shape index (κ1) is 9.78. The van der Waals surface area contributed by atoms with Gasteiger partial charge in [-0.1, -0.05) is 5.92 Å². The average Bonchev–Trinajstić information content (AvgIpc) is 2.54. The molecule has 1 heterocycles. The zero-order chi connectivity index (χ0) is 9.52. The molecule has 13 heavy (non-hydrogen) atoms. The lowest BCUT2D eigenvalue weighted by atomic mass is 10.3. The molecule has 1 aromatic rings. The number of hydrogen-bond acceptors (Lipinski definition) is 3. The molecule has 0 aromatic carbocycles. The molecular formula is C9H13N3O. The van der Waals surface area contributed by atoms with Crippen LogP contribution in [0.2, 0.25) is 0 Å². The number of aromatic nitrogens is 2. The minimum atomic E-state index is 0.110. The molecule has 0 radical (unpaired) electrons. The molecule has 0 aliphatic rings. The van der Waals surface area contributed by atoms with Gasteiger partial charge in [-0.05, 0) is 0 Å². The molecule has 0 amide bonds. The molecular weight excluding hydrogens is 166 g/mol. The number of nitrogens with zero attached hydrogens (tertiary/aromatic N) is 2. The first-order chi connectivity index (χ1) is 6.36. The van der Waals surface area contributed by atoms with E-state index in [1.54, 1.807) is 10.9 Å². The van der Waals surface area contributed by atoms with Crippen molar-refractivity contribution in [3.63, 3.8) is 0 Å². The summed E-state index contributed by atoms with van der Waals surface area (Å²) in [6.45, 7) is 1.93. The Morgan fingerprint density at radius 1 is 1.69 bits per heavy atom. The summed E-state index contributed by atoms with van der Waals surface area (Å²) >= 11 is 0. The van der Waals surface area contributed by atoms with Gasteiger partial charge >= 0.3 is 0 Å². The third kappa shape index (κ3) is 3.28. The SMILES string of the molecule is C#CCNCc1cnn(CCO)c1. The van der Waals surface area contributed by atoms with Gasteiger partial charge in [-0.2, -0.15) is 5.10 Å². The molecule has 1 aromatic heterocycles. The van der Waals surface area contributed by atoms with Crippen LogP contribution in [0.1, 0.15) is 5.56 Å². The lowest BCUT2D eigenvalue weighted by molar-refractivity contribution is 0.269. The highest BCUT2D eigenvalue weighted by Crippen LogP contribution is 1.96. The number of aliphatic hydroxyl groups is 1. The normalized spacial score (nSPS) is 9.85. The van der Waals surface area contributed by atoms with Crippen LogP contribution in [-0.4, -0.2) is 28.0 Å². The molecule has 0 saturated carbocycles. The van der Waals surface area contributed by atoms with E-state index in [1.165, 1.54) is 0 Å². The summed E-state index contributed by atoms with van der Waals surface area (Å²) in [7, 11) is 0. The van der Waals surface area contributed by atoms with E-state index >= 15 is 0 Å². The zero-order valence-corrected chi connectivity index (χ0v) is 7.40. The molecule has 0 fully saturated rings. The molecule has 4 heteroatoms. The van der Waals surface area contributed by atoms with Gasteiger partial charge in [-0.25, -0.2) is 0 Å². The van der Waals surface area contributed by atoms with Crippen LogP contribution in [0.5, 0.6) is 0 Å². The van der Waals surface area contributed by atoms with Crippen molar-refractivity contribution in [2.45, 2.75) is 13.1 Å². The van der Waals surface area contributed by atoms with E-state index in [2.05, 4.69) is 16.3 Å². The van der Waals surface area contributed by atoms with Gasteiger partial charge in [-0.15, -0.1) is 6.42 Å². The number of terminal acetylenes is 1. The second kappa shape index (κ2) is 5.36. The summed E-state index contributed by atoms with van der Waals surface area (Å²) in [5.41, 5.74) is 1.07. The molecule has 2 N–H and O–H groups in total. The number of rotatable bonds is 5. The van der Waals surface area contributed by atoms with Crippen LogP contribution in [0.25, 0.3) is 0 Å². The van der Waals surface area contributed by atoms with Crippen molar-refractivity contribution in [2.24, 2.45) is 0 Å². The highest BCUT2D eigenvalue weighted by atomic mass is 16.3. The number of aliphatic hydroxyl groups excluding tert-OH is 1. The van der Waals surface area contributed by atoms with Crippen molar-refractivity contribution in [2.75, 3.05) is 13.2 Å². The van der Waals surface area contributed by atoms with E-state index in [0.29, 0.717) is 13.1 Å². The van der Waals surface area contributed by atoms with Crippen LogP contribution < -0.4 is 5.32 Å². The second-order valence-corrected chi connectivity index (χ2v) is 2.64. The Labute approximate surface area is 77.6 Å². The van der Waals surface area contributed by atoms with Gasteiger partial charge in [0.05, 0.1) is 25.9 Å². The first-order valence-electron chi connectivity index (χ1n) is 4.13. The Hall–Kier alpha value is -1.31. The maximum absolute atomic E-state index is 8.64. The number of nitrogens with one attached hydrogen (secondary N) is 1. The highest BCUT2D eigenvalue weighted by molar-refractivity contribution is 5.03. The highest BCUT2D eigenvalue weighted by Gasteiger charge is 1.96. The molecule has 70 valence electrons. The maximum Gasteiger partial charge on any atom is 0.0640 e. The van der Waals surface area contributed by atoms with Crippen molar-refractivity contribution >= 4 is 0 Å². The van der Waals surface area contributed by atoms with Gasteiger partial charge in [0.25, 0.3) is 0 Å². The van der Waals surface area contributed by atoms with Crippen LogP contribution in [0.4, 0.5) is 0 Å². The van der Waals surface area contributed by atoms with E-state index in [9.17, 15) is 0 Å². The maximum atomic E-state index is 8.64. The Morgan fingerprint density at radius 2 is 2.54 bits per heavy atom. The summed E-state index contributed by atoms with van der Waals surface area (Å²) in [6.07, 6.45) is 8.73. The molecule has 0 bridgehead atoms. The van der Waals surface area contributed by atoms with Crippen LogP contribution in [0, 0.1) is 12.3 Å². The first-order valence-corrected chi connectivity index (χ1v) is 4.13. The van der Waals surface area contributed by atoms with E-state index in [0.717, 1.165) is 12.1 Å². The molecule has 1 rings (SSSR count). The quantitative estimate of drug-likeness (QED) is 0.477. The van der Waals surface area contributed by atoms with Crippen LogP contribution in [0.15, 0.2) is 12.4 Å². The van der Waals surface area contributed by atoms with Crippen molar-refractivity contribution in [3.05, 3.63) is 18.0 Å². The fourth-order valence-corrected chi connectivity index (χ4v) is 1.00. The largest absolute Gasteiger partial charge is 0.394 e. The molecule has 0 unspecified atom stereocenters. The summed E-state index contributed by atoms with van der Waals surface area (Å²) in [6, 6.07) is 0. The van der Waals surface area contributed by atoms with Crippen LogP contribution in [-0.2, 0) is 13.1 Å². The van der Waals surface area contributed by atoms with Crippen molar-refractivity contribution in [1.29, 1.82) is 0 Å².